The van der Waals surface area contributed by atoms with E-state index in [9.17, 15) is 21.6 Å². The minimum atomic E-state index is -4.86. The van der Waals surface area contributed by atoms with Crippen LogP contribution in [-0.4, -0.2) is 26.9 Å². The van der Waals surface area contributed by atoms with Crippen LogP contribution in [0.2, 0.25) is 29.7 Å². The quantitative estimate of drug-likeness (QED) is 0.336. The average molecular weight is 536 g/mol. The molecule has 1 aliphatic carbocycles. The Morgan fingerprint density at radius 1 is 1.06 bits per heavy atom. The van der Waals surface area contributed by atoms with Gasteiger partial charge in [0.1, 0.15) is 0 Å². The van der Waals surface area contributed by atoms with Crippen molar-refractivity contribution in [3.63, 3.8) is 0 Å². The molecule has 0 fully saturated rings. The van der Waals surface area contributed by atoms with Gasteiger partial charge in [-0.05, 0) is 69.2 Å². The molecule has 1 aromatic heterocycles. The van der Waals surface area contributed by atoms with Gasteiger partial charge in [0.15, 0.2) is 13.9 Å². The standard InChI is InChI=1S/C22H22Cl2F3NO3SSi/c1-13-5-7-14(8-6-13)32(29,30)28-17-10-9-16(23)19(24)18(17)15-11-12-21(20(15)28,22(25,26)27)31-33(2,3)4/h5-10H,11-12H2,1-4H3. The smallest absolute Gasteiger partial charge is 0.399 e. The van der Waals surface area contributed by atoms with Gasteiger partial charge in [-0.1, -0.05) is 40.9 Å². The third kappa shape index (κ3) is 3.82. The lowest BCUT2D eigenvalue weighted by molar-refractivity contribution is -0.258. The normalized spacial score (nSPS) is 19.3. The van der Waals surface area contributed by atoms with Crippen molar-refractivity contribution in [1.82, 2.24) is 3.97 Å². The largest absolute Gasteiger partial charge is 0.422 e. The molecule has 1 unspecified atom stereocenters. The van der Waals surface area contributed by atoms with Crippen LogP contribution in [0.1, 0.15) is 23.2 Å². The first-order valence-electron chi connectivity index (χ1n) is 10.2. The Labute approximate surface area is 201 Å². The number of aryl methyl sites for hydroxylation is 2. The zero-order valence-electron chi connectivity index (χ0n) is 18.3. The van der Waals surface area contributed by atoms with Crippen LogP contribution in [0.5, 0.6) is 0 Å². The van der Waals surface area contributed by atoms with Crippen molar-refractivity contribution in [3.05, 3.63) is 63.3 Å². The molecule has 3 aromatic rings. The van der Waals surface area contributed by atoms with E-state index in [-0.39, 0.29) is 37.8 Å². The summed E-state index contributed by atoms with van der Waals surface area (Å²) in [5, 5.41) is 0.363. The number of fused-ring (bicyclic) bond motifs is 3. The van der Waals surface area contributed by atoms with Crippen LogP contribution < -0.4 is 0 Å². The zero-order chi connectivity index (χ0) is 24.6. The van der Waals surface area contributed by atoms with Crippen LogP contribution in [0, 0.1) is 6.92 Å². The van der Waals surface area contributed by atoms with Gasteiger partial charge in [0, 0.05) is 5.39 Å². The third-order valence-corrected chi connectivity index (χ3v) is 9.18. The Hall–Kier alpha value is -1.52. The maximum atomic E-state index is 14.8. The lowest BCUT2D eigenvalue weighted by Crippen LogP contribution is -2.50. The van der Waals surface area contributed by atoms with E-state index < -0.39 is 42.2 Å². The van der Waals surface area contributed by atoms with Crippen LogP contribution in [0.3, 0.4) is 0 Å². The fraction of sp³-hybridized carbons (Fsp3) is 0.364. The molecule has 0 aliphatic heterocycles. The summed E-state index contributed by atoms with van der Waals surface area (Å²) >= 11 is 12.6. The number of halogens is 5. The lowest BCUT2D eigenvalue weighted by Gasteiger charge is -2.38. The number of rotatable bonds is 4. The lowest BCUT2D eigenvalue weighted by atomic mass is 10.0. The number of benzene rings is 2. The highest BCUT2D eigenvalue weighted by Gasteiger charge is 2.64. The average Bonchev–Trinajstić information content (AvgIpc) is 3.20. The maximum absolute atomic E-state index is 14.8. The molecule has 0 spiro atoms. The molecule has 4 nitrogen and oxygen atoms in total. The van der Waals surface area contributed by atoms with Crippen LogP contribution in [0.4, 0.5) is 13.2 Å². The second kappa shape index (κ2) is 7.74. The van der Waals surface area contributed by atoms with E-state index in [0.29, 0.717) is 0 Å². The Bertz CT molecular complexity index is 1360. The summed E-state index contributed by atoms with van der Waals surface area (Å²) < 4.78 is 78.6. The van der Waals surface area contributed by atoms with Crippen LogP contribution >= 0.6 is 23.2 Å². The van der Waals surface area contributed by atoms with Crippen molar-refractivity contribution in [3.8, 4) is 0 Å². The van der Waals surface area contributed by atoms with Crippen molar-refractivity contribution in [1.29, 1.82) is 0 Å². The molecule has 0 saturated heterocycles. The van der Waals surface area contributed by atoms with Gasteiger partial charge in [-0.25, -0.2) is 12.4 Å². The summed E-state index contributed by atoms with van der Waals surface area (Å²) in [4.78, 5) is -0.130. The van der Waals surface area contributed by atoms with Crippen molar-refractivity contribution in [2.45, 2.75) is 56.1 Å². The highest BCUT2D eigenvalue weighted by Crippen LogP contribution is 2.56. The summed E-state index contributed by atoms with van der Waals surface area (Å²) in [6.07, 6.45) is -5.34. The minimum Gasteiger partial charge on any atom is -0.399 e. The van der Waals surface area contributed by atoms with Gasteiger partial charge in [0.25, 0.3) is 10.0 Å². The maximum Gasteiger partial charge on any atom is 0.422 e. The van der Waals surface area contributed by atoms with E-state index in [4.69, 9.17) is 27.6 Å². The molecule has 178 valence electrons. The Morgan fingerprint density at radius 3 is 2.21 bits per heavy atom. The zero-order valence-corrected chi connectivity index (χ0v) is 21.7. The summed E-state index contributed by atoms with van der Waals surface area (Å²) in [6.45, 7) is 6.72. The molecular formula is C22H22Cl2F3NO3SSi. The third-order valence-electron chi connectivity index (χ3n) is 5.69. The van der Waals surface area contributed by atoms with Gasteiger partial charge in [-0.3, -0.25) is 0 Å². The molecule has 0 N–H and O–H groups in total. The molecule has 0 saturated carbocycles. The summed E-state index contributed by atoms with van der Waals surface area (Å²) in [5.41, 5.74) is -2.15. The number of nitrogens with zero attached hydrogens (tertiary/aromatic N) is 1. The number of hydrogen-bond acceptors (Lipinski definition) is 3. The van der Waals surface area contributed by atoms with Gasteiger partial charge in [-0.15, -0.1) is 0 Å². The Kier molecular flexibility index (Phi) is 5.77. The topological polar surface area (TPSA) is 48.3 Å². The molecule has 0 radical (unpaired) electrons. The van der Waals surface area contributed by atoms with Gasteiger partial charge in [0.05, 0.1) is 26.2 Å². The molecule has 0 bridgehead atoms. The first-order chi connectivity index (χ1) is 15.1. The summed E-state index contributed by atoms with van der Waals surface area (Å²) in [7, 11) is -7.23. The van der Waals surface area contributed by atoms with Gasteiger partial charge >= 0.3 is 6.18 Å². The van der Waals surface area contributed by atoms with Gasteiger partial charge < -0.3 is 4.43 Å². The van der Waals surface area contributed by atoms with Crippen molar-refractivity contribution in [2.24, 2.45) is 0 Å². The van der Waals surface area contributed by atoms with Crippen molar-refractivity contribution in [2.75, 3.05) is 0 Å². The second-order valence-electron chi connectivity index (χ2n) is 9.20. The molecule has 4 rings (SSSR count). The van der Waals surface area contributed by atoms with Crippen molar-refractivity contribution < 1.29 is 26.0 Å². The van der Waals surface area contributed by atoms with E-state index in [1.165, 1.54) is 24.3 Å². The fourth-order valence-electron chi connectivity index (χ4n) is 4.45. The molecule has 1 heterocycles. The van der Waals surface area contributed by atoms with Crippen LogP contribution in [0.15, 0.2) is 41.3 Å². The van der Waals surface area contributed by atoms with E-state index in [1.807, 2.05) is 0 Å². The molecular weight excluding hydrogens is 514 g/mol. The highest BCUT2D eigenvalue weighted by molar-refractivity contribution is 7.90. The molecule has 1 atom stereocenters. The van der Waals surface area contributed by atoms with E-state index in [0.717, 1.165) is 9.54 Å². The molecule has 0 amide bonds. The molecule has 11 heteroatoms. The summed E-state index contributed by atoms with van der Waals surface area (Å²) in [6, 6.07) is 8.73. The monoisotopic (exact) mass is 535 g/mol. The Balaban J connectivity index is 2.18. The van der Waals surface area contributed by atoms with Crippen molar-refractivity contribution >= 4 is 52.4 Å². The summed E-state index contributed by atoms with van der Waals surface area (Å²) in [5.74, 6) is 0. The minimum absolute atomic E-state index is 0.0225. The number of alkyl halides is 3. The highest BCUT2D eigenvalue weighted by atomic mass is 35.5. The predicted octanol–water partition coefficient (Wildman–Crippen LogP) is 7.05. The first-order valence-corrected chi connectivity index (χ1v) is 15.8. The molecule has 33 heavy (non-hydrogen) atoms. The van der Waals surface area contributed by atoms with Gasteiger partial charge in [0.2, 0.25) is 0 Å². The van der Waals surface area contributed by atoms with Crippen LogP contribution in [-0.2, 0) is 26.5 Å². The second-order valence-corrected chi connectivity index (χ2v) is 16.2. The van der Waals surface area contributed by atoms with Gasteiger partial charge in [-0.2, -0.15) is 13.2 Å². The molecule has 1 aliphatic rings. The Morgan fingerprint density at radius 2 is 1.67 bits per heavy atom. The number of aromatic nitrogens is 1. The van der Waals surface area contributed by atoms with Crippen LogP contribution in [0.25, 0.3) is 10.9 Å². The SMILES string of the molecule is Cc1ccc(S(=O)(=O)n2c3c(c4c(Cl)c(Cl)ccc42)CCC3(O[Si](C)(C)C)C(F)(F)F)cc1. The van der Waals surface area contributed by atoms with E-state index >= 15 is 0 Å². The van der Waals surface area contributed by atoms with E-state index in [2.05, 4.69) is 0 Å². The number of hydrogen-bond donors (Lipinski definition) is 0. The fourth-order valence-corrected chi connectivity index (χ4v) is 7.84. The van der Waals surface area contributed by atoms with E-state index in [1.54, 1.807) is 38.7 Å². The predicted molar refractivity (Wildman–Crippen MR) is 126 cm³/mol. The first kappa shape index (κ1) is 24.6. The molecule has 2 aromatic carbocycles.